The Kier molecular flexibility index (Phi) is 6.45. The van der Waals surface area contributed by atoms with Crippen molar-refractivity contribution >= 4 is 51.7 Å². The average Bonchev–Trinajstić information content (AvgIpc) is 2.75. The first-order chi connectivity index (χ1) is 15.0. The summed E-state index contributed by atoms with van der Waals surface area (Å²) in [7, 11) is 3.25. The number of hydrogen-bond donors (Lipinski definition) is 2. The van der Waals surface area contributed by atoms with Crippen molar-refractivity contribution in [2.75, 3.05) is 39.1 Å². The zero-order chi connectivity index (χ0) is 22.0. The number of likely N-dealkylation sites (N-methyl/N-ethyl adjacent to an activating group) is 1. The van der Waals surface area contributed by atoms with Gasteiger partial charge in [-0.05, 0) is 18.2 Å². The van der Waals surface area contributed by atoms with E-state index in [1.807, 2.05) is 12.1 Å². The summed E-state index contributed by atoms with van der Waals surface area (Å²) in [6.45, 7) is 2.02. The fraction of sp³-hybridized carbons (Fsp3) is 0.286. The van der Waals surface area contributed by atoms with E-state index in [9.17, 15) is 9.18 Å². The first-order valence-corrected chi connectivity index (χ1v) is 10.9. The Morgan fingerprint density at radius 1 is 1.35 bits per heavy atom. The zero-order valence-electron chi connectivity index (χ0n) is 17.0. The second kappa shape index (κ2) is 9.25. The molecule has 1 aliphatic heterocycles. The van der Waals surface area contributed by atoms with Crippen molar-refractivity contribution in [2.45, 2.75) is 10.1 Å². The number of anilines is 2. The Hall–Kier alpha value is -2.62. The maximum atomic E-state index is 14.4. The average molecular weight is 462 g/mol. The minimum Gasteiger partial charge on any atom is -0.496 e. The molecular weight excluding hydrogens is 441 g/mol. The number of likely N-dealkylation sites (tertiary alicyclic amines) is 1. The molecule has 0 saturated carbocycles. The first kappa shape index (κ1) is 21.6. The van der Waals surface area contributed by atoms with Crippen LogP contribution in [0.4, 0.5) is 15.9 Å². The number of benzene rings is 2. The number of nitrogens with zero attached hydrogens (tertiary/aromatic N) is 3. The van der Waals surface area contributed by atoms with E-state index in [2.05, 4.69) is 25.5 Å². The standard InChI is InChI=1S/C21H21ClFN5O2S/c1-24-19(29)10-28-8-12(9-28)31-18-6-13-16(7-17(18)30-2)25-11-26-21(13)27-15-5-3-4-14(22)20(15)23/h3-7,11-12H,8-10H2,1-2H3,(H,24,29)(H,25,26,27). The van der Waals surface area contributed by atoms with Crippen molar-refractivity contribution in [2.24, 2.45) is 0 Å². The van der Waals surface area contributed by atoms with E-state index in [1.54, 1.807) is 38.1 Å². The molecule has 2 N–H and O–H groups in total. The van der Waals surface area contributed by atoms with Gasteiger partial charge in [0.2, 0.25) is 5.91 Å². The highest BCUT2D eigenvalue weighted by Crippen LogP contribution is 2.39. The van der Waals surface area contributed by atoms with Gasteiger partial charge in [0.1, 0.15) is 17.9 Å². The molecule has 7 nitrogen and oxygen atoms in total. The van der Waals surface area contributed by atoms with Crippen LogP contribution in [-0.4, -0.2) is 59.8 Å². The summed E-state index contributed by atoms with van der Waals surface area (Å²) < 4.78 is 19.9. The number of fused-ring (bicyclic) bond motifs is 1. The van der Waals surface area contributed by atoms with Gasteiger partial charge in [-0.15, -0.1) is 11.8 Å². The SMILES string of the molecule is CNC(=O)CN1CC(Sc2cc3c(Nc4cccc(Cl)c4F)ncnc3cc2OC)C1. The van der Waals surface area contributed by atoms with E-state index >= 15 is 0 Å². The molecule has 0 aliphatic carbocycles. The second-order valence-electron chi connectivity index (χ2n) is 7.08. The maximum Gasteiger partial charge on any atom is 0.233 e. The lowest BCUT2D eigenvalue weighted by atomic mass is 10.2. The molecule has 162 valence electrons. The molecule has 1 aliphatic rings. The van der Waals surface area contributed by atoms with Crippen LogP contribution in [0.15, 0.2) is 41.6 Å². The summed E-state index contributed by atoms with van der Waals surface area (Å²) in [6.07, 6.45) is 1.42. The van der Waals surface area contributed by atoms with Crippen LogP contribution in [0.2, 0.25) is 5.02 Å². The summed E-state index contributed by atoms with van der Waals surface area (Å²) >= 11 is 7.58. The predicted molar refractivity (Wildman–Crippen MR) is 121 cm³/mol. The molecule has 0 bridgehead atoms. The predicted octanol–water partition coefficient (Wildman–Crippen LogP) is 3.70. The smallest absolute Gasteiger partial charge is 0.233 e. The molecule has 1 amide bonds. The summed E-state index contributed by atoms with van der Waals surface area (Å²) in [4.78, 5) is 23.2. The topological polar surface area (TPSA) is 79.4 Å². The lowest BCUT2D eigenvalue weighted by Crippen LogP contribution is -2.52. The van der Waals surface area contributed by atoms with Crippen molar-refractivity contribution in [3.63, 3.8) is 0 Å². The lowest BCUT2D eigenvalue weighted by Gasteiger charge is -2.38. The van der Waals surface area contributed by atoms with Crippen molar-refractivity contribution in [1.82, 2.24) is 20.2 Å². The van der Waals surface area contributed by atoms with Gasteiger partial charge >= 0.3 is 0 Å². The van der Waals surface area contributed by atoms with Crippen LogP contribution < -0.4 is 15.4 Å². The van der Waals surface area contributed by atoms with Gasteiger partial charge in [0, 0.05) is 36.8 Å². The largest absolute Gasteiger partial charge is 0.496 e. The second-order valence-corrected chi connectivity index (χ2v) is 8.83. The van der Waals surface area contributed by atoms with Crippen LogP contribution in [0.3, 0.4) is 0 Å². The van der Waals surface area contributed by atoms with Crippen LogP contribution in [0.25, 0.3) is 10.9 Å². The molecule has 1 fully saturated rings. The summed E-state index contributed by atoms with van der Waals surface area (Å²) in [5.74, 6) is 0.656. The van der Waals surface area contributed by atoms with Crippen LogP contribution in [0.1, 0.15) is 0 Å². The van der Waals surface area contributed by atoms with Gasteiger partial charge in [0.25, 0.3) is 0 Å². The number of thioether (sulfide) groups is 1. The molecule has 3 aromatic rings. The highest BCUT2D eigenvalue weighted by atomic mass is 35.5. The fourth-order valence-corrected chi connectivity index (χ4v) is 4.88. The van der Waals surface area contributed by atoms with Crippen LogP contribution >= 0.6 is 23.4 Å². The van der Waals surface area contributed by atoms with Crippen molar-refractivity contribution in [3.05, 3.63) is 47.5 Å². The zero-order valence-corrected chi connectivity index (χ0v) is 18.6. The van der Waals surface area contributed by atoms with E-state index < -0.39 is 5.82 Å². The van der Waals surface area contributed by atoms with Gasteiger partial charge in [-0.2, -0.15) is 0 Å². The Bertz CT molecular complexity index is 1130. The monoisotopic (exact) mass is 461 g/mol. The first-order valence-electron chi connectivity index (χ1n) is 9.62. The van der Waals surface area contributed by atoms with Crippen LogP contribution in [0, 0.1) is 5.82 Å². The third kappa shape index (κ3) is 4.68. The maximum absolute atomic E-state index is 14.4. The summed E-state index contributed by atoms with van der Waals surface area (Å²) in [5, 5.41) is 6.77. The number of amides is 1. The normalized spacial score (nSPS) is 14.3. The summed E-state index contributed by atoms with van der Waals surface area (Å²) in [5.41, 5.74) is 0.914. The molecule has 2 heterocycles. The number of nitrogens with one attached hydrogen (secondary N) is 2. The lowest BCUT2D eigenvalue weighted by molar-refractivity contribution is -0.122. The highest BCUT2D eigenvalue weighted by Gasteiger charge is 2.29. The van der Waals surface area contributed by atoms with Crippen molar-refractivity contribution in [3.8, 4) is 5.75 Å². The molecule has 0 unspecified atom stereocenters. The Morgan fingerprint density at radius 2 is 2.16 bits per heavy atom. The van der Waals surface area contributed by atoms with Gasteiger partial charge < -0.3 is 15.4 Å². The minimum absolute atomic E-state index is 0.00727. The molecule has 31 heavy (non-hydrogen) atoms. The minimum atomic E-state index is -0.537. The van der Waals surface area contributed by atoms with Gasteiger partial charge in [-0.25, -0.2) is 14.4 Å². The number of ether oxygens (including phenoxy) is 1. The molecule has 0 atom stereocenters. The highest BCUT2D eigenvalue weighted by molar-refractivity contribution is 8.00. The fourth-order valence-electron chi connectivity index (χ4n) is 3.33. The van der Waals surface area contributed by atoms with Crippen LogP contribution in [0.5, 0.6) is 5.75 Å². The molecule has 0 spiro atoms. The molecule has 1 saturated heterocycles. The summed E-state index contributed by atoms with van der Waals surface area (Å²) in [6, 6.07) is 8.56. The van der Waals surface area contributed by atoms with Crippen molar-refractivity contribution in [1.29, 1.82) is 0 Å². The molecule has 4 rings (SSSR count). The van der Waals surface area contributed by atoms with Crippen LogP contribution in [-0.2, 0) is 4.79 Å². The Balaban J connectivity index is 1.59. The van der Waals surface area contributed by atoms with Gasteiger partial charge in [-0.3, -0.25) is 9.69 Å². The number of methoxy groups -OCH3 is 1. The van der Waals surface area contributed by atoms with E-state index in [1.165, 1.54) is 12.4 Å². The molecular formula is C21H21ClFN5O2S. The molecule has 10 heteroatoms. The van der Waals surface area contributed by atoms with Crippen molar-refractivity contribution < 1.29 is 13.9 Å². The molecule has 1 aromatic heterocycles. The number of hydrogen-bond acceptors (Lipinski definition) is 7. The number of carbonyl (C=O) groups is 1. The van der Waals surface area contributed by atoms with E-state index in [4.69, 9.17) is 16.3 Å². The Morgan fingerprint density at radius 3 is 2.90 bits per heavy atom. The number of halogens is 2. The van der Waals surface area contributed by atoms with Gasteiger partial charge in [0.15, 0.2) is 5.82 Å². The number of rotatable bonds is 7. The Labute approximate surface area is 188 Å². The molecule has 0 radical (unpaired) electrons. The number of carbonyl (C=O) groups excluding carboxylic acids is 1. The van der Waals surface area contributed by atoms with E-state index in [0.717, 1.165) is 23.4 Å². The van der Waals surface area contributed by atoms with Gasteiger partial charge in [-0.1, -0.05) is 17.7 Å². The van der Waals surface area contributed by atoms with E-state index in [0.29, 0.717) is 28.9 Å². The third-order valence-electron chi connectivity index (χ3n) is 4.99. The molecule has 2 aromatic carbocycles. The van der Waals surface area contributed by atoms with Gasteiger partial charge in [0.05, 0.1) is 34.8 Å². The third-order valence-corrected chi connectivity index (χ3v) is 6.49. The quantitative estimate of drug-likeness (QED) is 0.555. The van der Waals surface area contributed by atoms with E-state index in [-0.39, 0.29) is 16.6 Å². The number of aromatic nitrogens is 2.